The smallest absolute Gasteiger partial charge is 0.168 e. The first-order valence-electron chi connectivity index (χ1n) is 17.6. The average molecular weight is 660 g/mol. The Kier molecular flexibility index (Phi) is 7.86. The van der Waals surface area contributed by atoms with Crippen LogP contribution in [0, 0.1) is 6.92 Å². The maximum Gasteiger partial charge on any atom is 0.168 e. The first kappa shape index (κ1) is 30.6. The summed E-state index contributed by atoms with van der Waals surface area (Å²) >= 11 is 0. The first-order valence-corrected chi connectivity index (χ1v) is 17.6. The second-order valence-electron chi connectivity index (χ2n) is 13.1. The van der Waals surface area contributed by atoms with Crippen molar-refractivity contribution in [3.63, 3.8) is 0 Å². The Morgan fingerprint density at radius 2 is 1.25 bits per heavy atom. The number of aromatic nitrogens is 4. The molecule has 0 radical (unpaired) electrons. The number of rotatable bonds is 7. The van der Waals surface area contributed by atoms with E-state index in [2.05, 4.69) is 173 Å². The van der Waals surface area contributed by atoms with Crippen molar-refractivity contribution in [2.75, 3.05) is 4.90 Å². The van der Waals surface area contributed by atoms with Gasteiger partial charge in [-0.25, -0.2) is 0 Å². The van der Waals surface area contributed by atoms with Crippen LogP contribution in [0.15, 0.2) is 181 Å². The molecule has 0 atom stereocenters. The molecule has 2 aliphatic carbocycles. The maximum atomic E-state index is 4.79. The van der Waals surface area contributed by atoms with Crippen LogP contribution < -0.4 is 4.90 Å². The quantitative estimate of drug-likeness (QED) is 0.171. The van der Waals surface area contributed by atoms with Gasteiger partial charge in [0, 0.05) is 50.4 Å². The molecular formula is C46H37N5. The zero-order valence-electron chi connectivity index (χ0n) is 28.5. The van der Waals surface area contributed by atoms with Crippen molar-refractivity contribution in [2.45, 2.75) is 26.2 Å². The fraction of sp³-hybridized carbons (Fsp3) is 0.0870. The van der Waals surface area contributed by atoms with Crippen molar-refractivity contribution in [3.8, 4) is 22.8 Å². The van der Waals surface area contributed by atoms with Gasteiger partial charge < -0.3 is 9.47 Å². The lowest BCUT2D eigenvalue weighted by Gasteiger charge is -2.28. The van der Waals surface area contributed by atoms with Crippen LogP contribution in [0.25, 0.3) is 50.1 Å². The molecule has 2 aromatic heterocycles. The third-order valence-corrected chi connectivity index (χ3v) is 9.75. The zero-order chi connectivity index (χ0) is 34.1. The summed E-state index contributed by atoms with van der Waals surface area (Å²) in [7, 11) is 0. The molecule has 5 aromatic carbocycles. The van der Waals surface area contributed by atoms with Crippen LogP contribution in [-0.4, -0.2) is 19.3 Å². The van der Waals surface area contributed by atoms with Crippen LogP contribution in [-0.2, 0) is 0 Å². The fourth-order valence-electron chi connectivity index (χ4n) is 7.37. The van der Waals surface area contributed by atoms with Gasteiger partial charge in [-0.05, 0) is 98.5 Å². The SMILES string of the molecule is Cc1cccc(-n2c(C3=CCC=C(N(C4=CCCC=C4)c4ccc(-n5c6ccccc6c6ccccc65)cc4)C=C3)nnc2-c2ccccc2)c1. The summed E-state index contributed by atoms with van der Waals surface area (Å²) in [6.45, 7) is 2.12. The Morgan fingerprint density at radius 3 is 1.98 bits per heavy atom. The highest BCUT2D eigenvalue weighted by atomic mass is 15.3. The minimum absolute atomic E-state index is 0.756. The zero-order valence-corrected chi connectivity index (χ0v) is 28.5. The monoisotopic (exact) mass is 659 g/mol. The van der Waals surface area contributed by atoms with E-state index in [0.717, 1.165) is 64.8 Å². The van der Waals surface area contributed by atoms with Crippen molar-refractivity contribution in [1.29, 1.82) is 0 Å². The number of aryl methyl sites for hydroxylation is 1. The Balaban J connectivity index is 1.09. The second kappa shape index (κ2) is 13.1. The molecule has 9 rings (SSSR count). The molecule has 5 nitrogen and oxygen atoms in total. The predicted octanol–water partition coefficient (Wildman–Crippen LogP) is 11.3. The summed E-state index contributed by atoms with van der Waals surface area (Å²) in [5.41, 5.74) is 11.3. The first-order chi connectivity index (χ1) is 25.2. The molecule has 2 aliphatic rings. The number of fused-ring (bicyclic) bond motifs is 3. The van der Waals surface area contributed by atoms with Crippen LogP contribution in [0.1, 0.15) is 30.7 Å². The standard InChI is InChI=1S/C46H37N5/c1-33-14-12-21-40(32-33)51-45(34-15-4-2-5-16-34)47-48-46(51)35-17-13-20-37(27-26-35)49(36-18-6-3-7-19-36)38-28-30-39(31-29-38)50-43-24-10-8-22-41(43)42-23-9-11-25-44(42)50/h2,4-6,8-12,14-32H,3,7,13H2,1H3. The molecule has 0 bridgehead atoms. The van der Waals surface area contributed by atoms with E-state index in [1.54, 1.807) is 0 Å². The third kappa shape index (κ3) is 5.63. The summed E-state index contributed by atoms with van der Waals surface area (Å²) in [4.78, 5) is 2.37. The molecule has 0 fully saturated rings. The maximum absolute atomic E-state index is 4.79. The third-order valence-electron chi connectivity index (χ3n) is 9.75. The molecule has 7 aromatic rings. The molecule has 246 valence electrons. The van der Waals surface area contributed by atoms with Gasteiger partial charge in [-0.15, -0.1) is 10.2 Å². The van der Waals surface area contributed by atoms with E-state index in [1.807, 2.05) is 18.2 Å². The van der Waals surface area contributed by atoms with Gasteiger partial charge in [-0.2, -0.15) is 0 Å². The minimum atomic E-state index is 0.756. The van der Waals surface area contributed by atoms with Crippen LogP contribution >= 0.6 is 0 Å². The highest BCUT2D eigenvalue weighted by Crippen LogP contribution is 2.35. The minimum Gasteiger partial charge on any atom is -0.311 e. The lowest BCUT2D eigenvalue weighted by atomic mass is 10.1. The summed E-state index contributed by atoms with van der Waals surface area (Å²) in [5.74, 6) is 1.65. The average Bonchev–Trinajstić information content (AvgIpc) is 3.68. The summed E-state index contributed by atoms with van der Waals surface area (Å²) in [5, 5.41) is 12.1. The topological polar surface area (TPSA) is 38.9 Å². The number of allylic oxidation sites excluding steroid dienone is 8. The second-order valence-corrected chi connectivity index (χ2v) is 13.1. The van der Waals surface area contributed by atoms with E-state index >= 15 is 0 Å². The van der Waals surface area contributed by atoms with E-state index in [-0.39, 0.29) is 0 Å². The van der Waals surface area contributed by atoms with E-state index in [4.69, 9.17) is 10.2 Å². The molecule has 0 saturated carbocycles. The predicted molar refractivity (Wildman–Crippen MR) is 211 cm³/mol. The van der Waals surface area contributed by atoms with Crippen LogP contribution in [0.3, 0.4) is 0 Å². The highest BCUT2D eigenvalue weighted by Gasteiger charge is 2.21. The van der Waals surface area contributed by atoms with Crippen LogP contribution in [0.5, 0.6) is 0 Å². The van der Waals surface area contributed by atoms with Crippen molar-refractivity contribution in [1.82, 2.24) is 19.3 Å². The number of anilines is 1. The van der Waals surface area contributed by atoms with Gasteiger partial charge in [0.05, 0.1) is 11.0 Å². The van der Waals surface area contributed by atoms with Gasteiger partial charge in [-0.3, -0.25) is 4.57 Å². The number of nitrogens with zero attached hydrogens (tertiary/aromatic N) is 5. The Labute approximate surface area is 298 Å². The Bertz CT molecular complexity index is 2500. The number of benzene rings is 5. The number of hydrogen-bond donors (Lipinski definition) is 0. The molecule has 0 amide bonds. The van der Waals surface area contributed by atoms with E-state index in [1.165, 1.54) is 33.1 Å². The molecule has 0 spiro atoms. The molecule has 2 heterocycles. The van der Waals surface area contributed by atoms with Crippen molar-refractivity contribution in [2.24, 2.45) is 0 Å². The number of para-hydroxylation sites is 2. The van der Waals surface area contributed by atoms with Gasteiger partial charge in [0.15, 0.2) is 11.6 Å². The van der Waals surface area contributed by atoms with Crippen molar-refractivity contribution >= 4 is 33.1 Å². The van der Waals surface area contributed by atoms with Crippen LogP contribution in [0.2, 0.25) is 0 Å². The normalized spacial score (nSPS) is 14.3. The van der Waals surface area contributed by atoms with Crippen LogP contribution in [0.4, 0.5) is 5.69 Å². The van der Waals surface area contributed by atoms with Crippen molar-refractivity contribution < 1.29 is 0 Å². The molecule has 51 heavy (non-hydrogen) atoms. The van der Waals surface area contributed by atoms with Gasteiger partial charge in [0.25, 0.3) is 0 Å². The Hall–Kier alpha value is -6.46. The van der Waals surface area contributed by atoms with Gasteiger partial charge in [0.2, 0.25) is 0 Å². The van der Waals surface area contributed by atoms with E-state index in [9.17, 15) is 0 Å². The number of hydrogen-bond acceptors (Lipinski definition) is 3. The summed E-state index contributed by atoms with van der Waals surface area (Å²) in [6, 6.07) is 45.1. The molecule has 0 aliphatic heterocycles. The van der Waals surface area contributed by atoms with Gasteiger partial charge in [-0.1, -0.05) is 103 Å². The molecular weight excluding hydrogens is 623 g/mol. The molecule has 5 heteroatoms. The lowest BCUT2D eigenvalue weighted by Crippen LogP contribution is -2.20. The summed E-state index contributed by atoms with van der Waals surface area (Å²) < 4.78 is 4.55. The summed E-state index contributed by atoms with van der Waals surface area (Å²) in [6.07, 6.45) is 18.7. The Morgan fingerprint density at radius 1 is 0.549 bits per heavy atom. The highest BCUT2D eigenvalue weighted by molar-refractivity contribution is 6.09. The van der Waals surface area contributed by atoms with E-state index < -0.39 is 0 Å². The lowest BCUT2D eigenvalue weighted by molar-refractivity contribution is 0.984. The van der Waals surface area contributed by atoms with Gasteiger partial charge in [0.1, 0.15) is 0 Å². The molecule has 0 N–H and O–H groups in total. The van der Waals surface area contributed by atoms with Gasteiger partial charge >= 0.3 is 0 Å². The van der Waals surface area contributed by atoms with Crippen molar-refractivity contribution in [3.05, 3.63) is 193 Å². The molecule has 0 saturated heterocycles. The van der Waals surface area contributed by atoms with E-state index in [0.29, 0.717) is 0 Å². The molecule has 0 unspecified atom stereocenters. The fourth-order valence-corrected chi connectivity index (χ4v) is 7.37. The largest absolute Gasteiger partial charge is 0.311 e.